The van der Waals surface area contributed by atoms with E-state index in [2.05, 4.69) is 15.9 Å². The molecule has 0 saturated heterocycles. The highest BCUT2D eigenvalue weighted by atomic mass is 79.9. The molecule has 1 aromatic carbocycles. The predicted octanol–water partition coefficient (Wildman–Crippen LogP) is 3.76. The van der Waals surface area contributed by atoms with E-state index in [1.165, 1.54) is 5.56 Å². The quantitative estimate of drug-likeness (QED) is 0.539. The van der Waals surface area contributed by atoms with Crippen LogP contribution in [0.25, 0.3) is 0 Å². The third-order valence-electron chi connectivity index (χ3n) is 2.49. The highest BCUT2D eigenvalue weighted by molar-refractivity contribution is 9.09. The van der Waals surface area contributed by atoms with Gasteiger partial charge in [0.15, 0.2) is 0 Å². The number of ketones is 1. The van der Waals surface area contributed by atoms with Gasteiger partial charge in [-0.15, -0.1) is 0 Å². The molecule has 0 aromatic heterocycles. The second-order valence-corrected chi connectivity index (χ2v) is 4.88. The molecular weight excluding hydrogens is 280 g/mol. The van der Waals surface area contributed by atoms with Crippen molar-refractivity contribution in [1.82, 2.24) is 0 Å². The third-order valence-corrected chi connectivity index (χ3v) is 3.05. The minimum absolute atomic E-state index is 0.236. The molecule has 0 heterocycles. The van der Waals surface area contributed by atoms with Gasteiger partial charge in [0, 0.05) is 11.8 Å². The van der Waals surface area contributed by atoms with Gasteiger partial charge in [-0.25, -0.2) is 0 Å². The number of carbonyl (C=O) groups excluding carboxylic acids is 1. The van der Waals surface area contributed by atoms with E-state index in [0.29, 0.717) is 6.42 Å². The molecule has 0 unspecified atom stereocenters. The minimum atomic E-state index is 0.236. The zero-order chi connectivity index (χ0) is 12.5. The van der Waals surface area contributed by atoms with E-state index in [0.717, 1.165) is 36.9 Å². The molecule has 0 bridgehead atoms. The van der Waals surface area contributed by atoms with Crippen LogP contribution in [0.4, 0.5) is 0 Å². The zero-order valence-corrected chi connectivity index (χ0v) is 11.8. The fourth-order valence-electron chi connectivity index (χ4n) is 1.46. The summed E-state index contributed by atoms with van der Waals surface area (Å²) >= 11 is 3.39. The molecule has 1 aromatic rings. The summed E-state index contributed by atoms with van der Waals surface area (Å²) < 4.78 is 5.60. The summed E-state index contributed by atoms with van der Waals surface area (Å²) in [5, 5.41) is 1.03. The van der Waals surface area contributed by atoms with Gasteiger partial charge in [0.05, 0.1) is 6.61 Å². The van der Waals surface area contributed by atoms with Gasteiger partial charge in [0.25, 0.3) is 0 Å². The van der Waals surface area contributed by atoms with Crippen molar-refractivity contribution in [2.75, 3.05) is 11.9 Å². The van der Waals surface area contributed by atoms with Crippen molar-refractivity contribution in [3.8, 4) is 5.75 Å². The monoisotopic (exact) mass is 298 g/mol. The second-order valence-electron chi connectivity index (χ2n) is 4.09. The molecule has 0 aliphatic rings. The van der Waals surface area contributed by atoms with Gasteiger partial charge >= 0.3 is 0 Å². The normalized spacial score (nSPS) is 10.2. The first-order valence-electron chi connectivity index (χ1n) is 5.99. The summed E-state index contributed by atoms with van der Waals surface area (Å²) in [6.45, 7) is 2.39. The van der Waals surface area contributed by atoms with Crippen LogP contribution in [0.5, 0.6) is 5.75 Å². The molecule has 17 heavy (non-hydrogen) atoms. The van der Waals surface area contributed by atoms with Crippen LogP contribution in [-0.4, -0.2) is 17.7 Å². The maximum absolute atomic E-state index is 10.9. The smallest absolute Gasteiger partial charge is 0.130 e. The first kappa shape index (κ1) is 14.2. The maximum Gasteiger partial charge on any atom is 0.130 e. The third kappa shape index (κ3) is 6.47. The fraction of sp³-hybridized carbons (Fsp3) is 0.500. The average Bonchev–Trinajstić information content (AvgIpc) is 2.33. The lowest BCUT2D eigenvalue weighted by Crippen LogP contribution is -1.98. The van der Waals surface area contributed by atoms with Crippen LogP contribution in [0.15, 0.2) is 24.3 Å². The highest BCUT2D eigenvalue weighted by Crippen LogP contribution is 2.14. The van der Waals surface area contributed by atoms with Crippen molar-refractivity contribution in [1.29, 1.82) is 0 Å². The van der Waals surface area contributed by atoms with Crippen LogP contribution in [-0.2, 0) is 11.2 Å². The Morgan fingerprint density at radius 2 is 1.94 bits per heavy atom. The van der Waals surface area contributed by atoms with Crippen LogP contribution in [0.2, 0.25) is 0 Å². The predicted molar refractivity (Wildman–Crippen MR) is 74.0 cm³/mol. The van der Waals surface area contributed by atoms with Gasteiger partial charge in [-0.2, -0.15) is 0 Å². The van der Waals surface area contributed by atoms with Crippen LogP contribution < -0.4 is 4.74 Å². The Bertz CT molecular complexity index is 333. The Hall–Kier alpha value is -0.830. The van der Waals surface area contributed by atoms with E-state index in [-0.39, 0.29) is 5.78 Å². The minimum Gasteiger partial charge on any atom is -0.494 e. The number of alkyl halides is 1. The first-order chi connectivity index (χ1) is 8.22. The Balaban J connectivity index is 2.31. The number of halogens is 1. The summed E-state index contributed by atoms with van der Waals surface area (Å²) in [5.74, 6) is 1.14. The molecule has 0 radical (unpaired) electrons. The highest BCUT2D eigenvalue weighted by Gasteiger charge is 1.98. The van der Waals surface area contributed by atoms with Crippen LogP contribution in [0.3, 0.4) is 0 Å². The van der Waals surface area contributed by atoms with Crippen molar-refractivity contribution in [3.05, 3.63) is 29.8 Å². The van der Waals surface area contributed by atoms with Crippen molar-refractivity contribution >= 4 is 21.7 Å². The largest absolute Gasteiger partial charge is 0.494 e. The molecule has 0 N–H and O–H groups in total. The van der Waals surface area contributed by atoms with Crippen LogP contribution in [0.1, 0.15) is 31.7 Å². The Kier molecular flexibility index (Phi) is 6.94. The SMILES string of the molecule is CC(=O)CCc1ccc(OCCCCBr)cc1. The van der Waals surface area contributed by atoms with E-state index in [9.17, 15) is 4.79 Å². The lowest BCUT2D eigenvalue weighted by atomic mass is 10.1. The lowest BCUT2D eigenvalue weighted by molar-refractivity contribution is -0.116. The Morgan fingerprint density at radius 3 is 2.53 bits per heavy atom. The summed E-state index contributed by atoms with van der Waals surface area (Å²) in [5.41, 5.74) is 1.19. The van der Waals surface area contributed by atoms with Crippen molar-refractivity contribution in [2.45, 2.75) is 32.6 Å². The van der Waals surface area contributed by atoms with Gasteiger partial charge in [-0.1, -0.05) is 28.1 Å². The number of ether oxygens (including phenoxy) is 1. The summed E-state index contributed by atoms with van der Waals surface area (Å²) in [6, 6.07) is 8.01. The molecule has 2 nitrogen and oxygen atoms in total. The van der Waals surface area contributed by atoms with Gasteiger partial charge < -0.3 is 9.53 Å². The van der Waals surface area contributed by atoms with E-state index in [1.54, 1.807) is 6.92 Å². The Morgan fingerprint density at radius 1 is 1.24 bits per heavy atom. The number of carbonyl (C=O) groups is 1. The molecule has 0 atom stereocenters. The maximum atomic E-state index is 10.9. The molecule has 0 spiro atoms. The van der Waals surface area contributed by atoms with E-state index < -0.39 is 0 Å². The van der Waals surface area contributed by atoms with Crippen LogP contribution >= 0.6 is 15.9 Å². The standard InChI is InChI=1S/C14H19BrO2/c1-12(16)4-5-13-6-8-14(9-7-13)17-11-3-2-10-15/h6-9H,2-5,10-11H2,1H3. The molecule has 94 valence electrons. The molecule has 3 heteroatoms. The molecule has 0 saturated carbocycles. The van der Waals surface area contributed by atoms with Gasteiger partial charge in [0.1, 0.15) is 11.5 Å². The molecule has 0 amide bonds. The van der Waals surface area contributed by atoms with Crippen molar-refractivity contribution in [3.63, 3.8) is 0 Å². The summed E-state index contributed by atoms with van der Waals surface area (Å²) in [7, 11) is 0. The van der Waals surface area contributed by atoms with Crippen molar-refractivity contribution in [2.24, 2.45) is 0 Å². The first-order valence-corrected chi connectivity index (χ1v) is 7.11. The lowest BCUT2D eigenvalue weighted by Gasteiger charge is -2.06. The van der Waals surface area contributed by atoms with Crippen molar-refractivity contribution < 1.29 is 9.53 Å². The van der Waals surface area contributed by atoms with E-state index >= 15 is 0 Å². The second kappa shape index (κ2) is 8.29. The van der Waals surface area contributed by atoms with Gasteiger partial charge in [0.2, 0.25) is 0 Å². The number of Topliss-reactive ketones (excluding diaryl/α,β-unsaturated/α-hetero) is 1. The van der Waals surface area contributed by atoms with Gasteiger partial charge in [-0.05, 0) is 43.9 Å². The molecule has 0 aliphatic carbocycles. The molecule has 0 aliphatic heterocycles. The number of unbranched alkanes of at least 4 members (excludes halogenated alkanes) is 1. The number of hydrogen-bond acceptors (Lipinski definition) is 2. The van der Waals surface area contributed by atoms with Gasteiger partial charge in [-0.3, -0.25) is 0 Å². The number of hydrogen-bond donors (Lipinski definition) is 0. The molecule has 0 fully saturated rings. The van der Waals surface area contributed by atoms with E-state index in [1.807, 2.05) is 24.3 Å². The fourth-order valence-corrected chi connectivity index (χ4v) is 1.86. The van der Waals surface area contributed by atoms with E-state index in [4.69, 9.17) is 4.74 Å². The summed E-state index contributed by atoms with van der Waals surface area (Å²) in [4.78, 5) is 10.9. The molecule has 1 rings (SSSR count). The topological polar surface area (TPSA) is 26.3 Å². The number of aryl methyl sites for hydroxylation is 1. The molecular formula is C14H19BrO2. The Labute approximate surface area is 111 Å². The van der Waals surface area contributed by atoms with Crippen LogP contribution in [0, 0.1) is 0 Å². The number of rotatable bonds is 8. The number of benzene rings is 1. The zero-order valence-electron chi connectivity index (χ0n) is 10.2. The average molecular weight is 299 g/mol. The summed E-state index contributed by atoms with van der Waals surface area (Å²) in [6.07, 6.45) is 3.64.